The van der Waals surface area contributed by atoms with Crippen molar-refractivity contribution in [2.75, 3.05) is 25.6 Å². The molecule has 1 atom stereocenters. The fourth-order valence-corrected chi connectivity index (χ4v) is 3.66. The first-order chi connectivity index (χ1) is 14.3. The third kappa shape index (κ3) is 4.46. The van der Waals surface area contributed by atoms with Crippen LogP contribution in [0.15, 0.2) is 47.3 Å². The Morgan fingerprint density at radius 3 is 2.70 bits per heavy atom. The van der Waals surface area contributed by atoms with Crippen LogP contribution in [0.4, 0.5) is 10.5 Å². The van der Waals surface area contributed by atoms with Crippen molar-refractivity contribution in [1.29, 1.82) is 0 Å². The van der Waals surface area contributed by atoms with Crippen molar-refractivity contribution in [3.63, 3.8) is 0 Å². The van der Waals surface area contributed by atoms with Gasteiger partial charge in [0, 0.05) is 23.9 Å². The number of nitrogens with zero attached hydrogens (tertiary/aromatic N) is 1. The van der Waals surface area contributed by atoms with Crippen LogP contribution in [0.3, 0.4) is 0 Å². The Morgan fingerprint density at radius 2 is 2.00 bits per heavy atom. The maximum atomic E-state index is 13.0. The number of rotatable bonds is 6. The molecule has 0 aliphatic rings. The third-order valence-corrected chi connectivity index (χ3v) is 5.16. The lowest BCUT2D eigenvalue weighted by Crippen LogP contribution is -2.40. The van der Waals surface area contributed by atoms with Gasteiger partial charge in [0.1, 0.15) is 5.75 Å². The summed E-state index contributed by atoms with van der Waals surface area (Å²) in [5.74, 6) is 0.617. The fraction of sp³-hybridized carbons (Fsp3) is 0.304. The van der Waals surface area contributed by atoms with Gasteiger partial charge >= 0.3 is 6.03 Å². The van der Waals surface area contributed by atoms with E-state index >= 15 is 0 Å². The van der Waals surface area contributed by atoms with Crippen LogP contribution in [0.5, 0.6) is 5.75 Å². The van der Waals surface area contributed by atoms with Gasteiger partial charge in [0.25, 0.3) is 5.56 Å². The molecule has 1 aromatic heterocycles. The minimum absolute atomic E-state index is 0.0846. The highest BCUT2D eigenvalue weighted by Crippen LogP contribution is 2.24. The number of carbonyl (C=O) groups is 1. The van der Waals surface area contributed by atoms with Gasteiger partial charge < -0.3 is 25.0 Å². The number of amides is 2. The minimum Gasteiger partial charge on any atom is -0.497 e. The molecule has 0 bridgehead atoms. The van der Waals surface area contributed by atoms with Crippen LogP contribution in [0.1, 0.15) is 29.7 Å². The molecule has 2 aromatic carbocycles. The van der Waals surface area contributed by atoms with Crippen molar-refractivity contribution < 1.29 is 14.6 Å². The van der Waals surface area contributed by atoms with Crippen LogP contribution in [0.2, 0.25) is 0 Å². The topological polar surface area (TPSA) is 94.7 Å². The molecule has 7 heteroatoms. The molecule has 0 aliphatic carbocycles. The first kappa shape index (κ1) is 21.4. The number of urea groups is 1. The number of pyridine rings is 1. The van der Waals surface area contributed by atoms with Crippen LogP contribution in [-0.4, -0.2) is 41.3 Å². The summed E-state index contributed by atoms with van der Waals surface area (Å²) in [6.45, 7) is 5.59. The standard InChI is InChI=1S/C23H27N3O4/c1-14-10-15(2)21-17(11-14)12-20(22(28)25-21)16(3)26(8-9-27)23(29)24-18-6-5-7-19(13-18)30-4/h5-7,10-13,16,27H,8-9H2,1-4H3,(H,24,29)(H,25,28). The molecular weight excluding hydrogens is 382 g/mol. The summed E-state index contributed by atoms with van der Waals surface area (Å²) in [5.41, 5.74) is 3.64. The molecule has 0 saturated carbocycles. The molecule has 3 rings (SSSR count). The molecular formula is C23H27N3O4. The van der Waals surface area contributed by atoms with E-state index in [1.54, 1.807) is 38.3 Å². The first-order valence-corrected chi connectivity index (χ1v) is 9.80. The number of hydrogen-bond donors (Lipinski definition) is 3. The van der Waals surface area contributed by atoms with Gasteiger partial charge in [-0.25, -0.2) is 4.79 Å². The van der Waals surface area contributed by atoms with Crippen molar-refractivity contribution in [2.24, 2.45) is 0 Å². The molecule has 3 aromatic rings. The van der Waals surface area contributed by atoms with E-state index in [0.29, 0.717) is 17.0 Å². The zero-order valence-electron chi connectivity index (χ0n) is 17.7. The molecule has 0 saturated heterocycles. The molecule has 0 fully saturated rings. The Morgan fingerprint density at radius 1 is 1.23 bits per heavy atom. The number of benzene rings is 2. The number of aliphatic hydroxyl groups excluding tert-OH is 1. The molecule has 7 nitrogen and oxygen atoms in total. The van der Waals surface area contributed by atoms with E-state index in [4.69, 9.17) is 4.74 Å². The van der Waals surface area contributed by atoms with Gasteiger partial charge in [-0.1, -0.05) is 17.7 Å². The van der Waals surface area contributed by atoms with E-state index in [0.717, 1.165) is 22.0 Å². The average molecular weight is 409 g/mol. The molecule has 3 N–H and O–H groups in total. The van der Waals surface area contributed by atoms with Crippen LogP contribution in [-0.2, 0) is 0 Å². The second-order valence-corrected chi connectivity index (χ2v) is 7.35. The number of methoxy groups -OCH3 is 1. The lowest BCUT2D eigenvalue weighted by molar-refractivity contribution is 0.167. The Hall–Kier alpha value is -3.32. The lowest BCUT2D eigenvalue weighted by atomic mass is 10.0. The van der Waals surface area contributed by atoms with Gasteiger partial charge in [-0.3, -0.25) is 4.79 Å². The Bertz CT molecular complexity index is 1120. The van der Waals surface area contributed by atoms with Crippen LogP contribution in [0.25, 0.3) is 10.9 Å². The van der Waals surface area contributed by atoms with Crippen molar-refractivity contribution in [1.82, 2.24) is 9.88 Å². The Labute approximate surface area is 175 Å². The summed E-state index contributed by atoms with van der Waals surface area (Å²) < 4.78 is 5.19. The lowest BCUT2D eigenvalue weighted by Gasteiger charge is -2.29. The number of fused-ring (bicyclic) bond motifs is 1. The highest BCUT2D eigenvalue weighted by Gasteiger charge is 2.24. The van der Waals surface area contributed by atoms with Gasteiger partial charge in [0.05, 0.1) is 25.3 Å². The molecule has 0 spiro atoms. The number of carbonyl (C=O) groups excluding carboxylic acids is 1. The zero-order valence-corrected chi connectivity index (χ0v) is 17.7. The molecule has 0 radical (unpaired) electrons. The normalized spacial score (nSPS) is 11.9. The van der Waals surface area contributed by atoms with E-state index in [1.807, 2.05) is 32.0 Å². The van der Waals surface area contributed by atoms with E-state index in [1.165, 1.54) is 4.90 Å². The second kappa shape index (κ2) is 9.00. The second-order valence-electron chi connectivity index (χ2n) is 7.35. The zero-order chi connectivity index (χ0) is 21.8. The molecule has 0 aliphatic heterocycles. The van der Waals surface area contributed by atoms with E-state index in [9.17, 15) is 14.7 Å². The summed E-state index contributed by atoms with van der Waals surface area (Å²) in [4.78, 5) is 30.1. The molecule has 2 amide bonds. The maximum absolute atomic E-state index is 13.0. The number of aromatic nitrogens is 1. The van der Waals surface area contributed by atoms with Gasteiger partial charge in [0.2, 0.25) is 0 Å². The molecule has 158 valence electrons. The van der Waals surface area contributed by atoms with Gasteiger partial charge in [-0.05, 0) is 56.0 Å². The number of ether oxygens (including phenoxy) is 1. The van der Waals surface area contributed by atoms with Crippen molar-refractivity contribution >= 4 is 22.6 Å². The summed E-state index contributed by atoms with van der Waals surface area (Å²) in [6, 6.07) is 11.9. The Kier molecular flexibility index (Phi) is 6.42. The highest BCUT2D eigenvalue weighted by atomic mass is 16.5. The van der Waals surface area contributed by atoms with Crippen LogP contribution >= 0.6 is 0 Å². The predicted octanol–water partition coefficient (Wildman–Crippen LogP) is 3.74. The number of aliphatic hydroxyl groups is 1. The van der Waals surface area contributed by atoms with Crippen molar-refractivity contribution in [2.45, 2.75) is 26.8 Å². The SMILES string of the molecule is COc1cccc(NC(=O)N(CCO)C(C)c2cc3cc(C)cc(C)c3[nH]c2=O)c1. The highest BCUT2D eigenvalue weighted by molar-refractivity contribution is 5.90. The van der Waals surface area contributed by atoms with Gasteiger partial charge in [-0.2, -0.15) is 0 Å². The molecule has 30 heavy (non-hydrogen) atoms. The monoisotopic (exact) mass is 409 g/mol. The van der Waals surface area contributed by atoms with E-state index in [-0.39, 0.29) is 18.7 Å². The quantitative estimate of drug-likeness (QED) is 0.578. The number of H-pyrrole nitrogens is 1. The average Bonchev–Trinajstić information content (AvgIpc) is 2.71. The largest absolute Gasteiger partial charge is 0.497 e. The summed E-state index contributed by atoms with van der Waals surface area (Å²) in [7, 11) is 1.55. The fourth-order valence-electron chi connectivity index (χ4n) is 3.66. The van der Waals surface area contributed by atoms with E-state index < -0.39 is 12.1 Å². The Balaban J connectivity index is 1.94. The number of hydrogen-bond acceptors (Lipinski definition) is 4. The molecule has 1 unspecified atom stereocenters. The smallest absolute Gasteiger partial charge is 0.322 e. The number of aromatic amines is 1. The van der Waals surface area contributed by atoms with Gasteiger partial charge in [-0.15, -0.1) is 0 Å². The van der Waals surface area contributed by atoms with Gasteiger partial charge in [0.15, 0.2) is 0 Å². The number of nitrogens with one attached hydrogen (secondary N) is 2. The van der Waals surface area contributed by atoms with E-state index in [2.05, 4.69) is 10.3 Å². The first-order valence-electron chi connectivity index (χ1n) is 9.80. The number of aryl methyl sites for hydroxylation is 2. The van der Waals surface area contributed by atoms with Crippen molar-refractivity contribution in [3.8, 4) is 5.75 Å². The van der Waals surface area contributed by atoms with Crippen molar-refractivity contribution in [3.05, 3.63) is 69.5 Å². The summed E-state index contributed by atoms with van der Waals surface area (Å²) in [6.07, 6.45) is 0. The molecule has 1 heterocycles. The maximum Gasteiger partial charge on any atom is 0.322 e. The summed E-state index contributed by atoms with van der Waals surface area (Å²) >= 11 is 0. The predicted molar refractivity (Wildman–Crippen MR) is 118 cm³/mol. The van der Waals surface area contributed by atoms with Crippen LogP contribution in [0, 0.1) is 13.8 Å². The third-order valence-electron chi connectivity index (χ3n) is 5.16. The summed E-state index contributed by atoms with van der Waals surface area (Å²) in [5, 5.41) is 13.2. The van der Waals surface area contributed by atoms with Crippen LogP contribution < -0.4 is 15.6 Å². The minimum atomic E-state index is -0.545. The number of anilines is 1.